The first-order valence-corrected chi connectivity index (χ1v) is 8.77. The molecule has 4 amide bonds. The molecule has 1 aromatic heterocycles. The van der Waals surface area contributed by atoms with Crippen molar-refractivity contribution >= 4 is 17.8 Å². The van der Waals surface area contributed by atoms with Gasteiger partial charge in [-0.05, 0) is 26.8 Å². The fraction of sp³-hybridized carbons (Fsp3) is 0.588. The Morgan fingerprint density at radius 1 is 1.15 bits per heavy atom. The van der Waals surface area contributed by atoms with Gasteiger partial charge in [0.2, 0.25) is 0 Å². The molecular weight excluding hydrogens is 338 g/mol. The van der Waals surface area contributed by atoms with Crippen LogP contribution in [0, 0.1) is 13.8 Å². The monoisotopic (exact) mass is 361 g/mol. The van der Waals surface area contributed by atoms with Gasteiger partial charge in [-0.15, -0.1) is 0 Å². The van der Waals surface area contributed by atoms with E-state index in [2.05, 4.69) is 9.97 Å². The van der Waals surface area contributed by atoms with Crippen molar-refractivity contribution in [3.63, 3.8) is 0 Å². The molecule has 26 heavy (non-hydrogen) atoms. The molecule has 0 spiro atoms. The zero-order valence-electron chi connectivity index (χ0n) is 15.3. The third-order valence-electron chi connectivity index (χ3n) is 4.57. The van der Waals surface area contributed by atoms with Gasteiger partial charge < -0.3 is 14.5 Å². The molecule has 0 N–H and O–H groups in total. The summed E-state index contributed by atoms with van der Waals surface area (Å²) in [5, 5.41) is 0. The third-order valence-corrected chi connectivity index (χ3v) is 4.57. The number of carbonyl (C=O) groups is 3. The summed E-state index contributed by atoms with van der Waals surface area (Å²) < 4.78 is 5.79. The Bertz CT molecular complexity index is 718. The fourth-order valence-electron chi connectivity index (χ4n) is 3.22. The van der Waals surface area contributed by atoms with Crippen molar-refractivity contribution in [1.82, 2.24) is 24.7 Å². The Labute approximate surface area is 151 Å². The molecule has 9 nitrogen and oxygen atoms in total. The summed E-state index contributed by atoms with van der Waals surface area (Å²) in [7, 11) is 0. The second-order valence-corrected chi connectivity index (χ2v) is 6.53. The highest BCUT2D eigenvalue weighted by Crippen LogP contribution is 2.18. The van der Waals surface area contributed by atoms with Crippen LogP contribution in [0.25, 0.3) is 0 Å². The van der Waals surface area contributed by atoms with E-state index in [1.807, 2.05) is 19.9 Å². The number of hydrogen-bond donors (Lipinski definition) is 0. The largest absolute Gasteiger partial charge is 0.458 e. The molecule has 1 unspecified atom stereocenters. The number of likely N-dealkylation sites (N-methyl/N-ethyl adjacent to an activating group) is 1. The highest BCUT2D eigenvalue weighted by Gasteiger charge is 2.39. The summed E-state index contributed by atoms with van der Waals surface area (Å²) in [6.07, 6.45) is 0.391. The van der Waals surface area contributed by atoms with Crippen molar-refractivity contribution in [2.75, 3.05) is 32.7 Å². The summed E-state index contributed by atoms with van der Waals surface area (Å²) in [5.74, 6) is -1.38. The normalized spacial score (nSPS) is 20.7. The molecule has 0 aromatic carbocycles. The fourth-order valence-corrected chi connectivity index (χ4v) is 3.22. The maximum absolute atomic E-state index is 12.6. The number of aromatic nitrogens is 2. The molecule has 3 rings (SSSR count). The molecule has 2 fully saturated rings. The van der Waals surface area contributed by atoms with Crippen LogP contribution in [-0.4, -0.2) is 81.3 Å². The molecule has 1 aromatic rings. The first-order chi connectivity index (χ1) is 12.4. The first-order valence-electron chi connectivity index (χ1n) is 8.77. The molecular formula is C17H23N5O4. The number of piperazine rings is 1. The van der Waals surface area contributed by atoms with Gasteiger partial charge in [0.25, 0.3) is 0 Å². The van der Waals surface area contributed by atoms with Crippen LogP contribution >= 0.6 is 0 Å². The molecule has 9 heteroatoms. The number of likely N-dealkylation sites (tertiary alicyclic amines) is 1. The van der Waals surface area contributed by atoms with Crippen LogP contribution in [0.3, 0.4) is 0 Å². The lowest BCUT2D eigenvalue weighted by atomic mass is 10.3. The lowest BCUT2D eigenvalue weighted by Gasteiger charge is -2.33. The smallest absolute Gasteiger partial charge is 0.327 e. The summed E-state index contributed by atoms with van der Waals surface area (Å²) >= 11 is 0. The van der Waals surface area contributed by atoms with E-state index in [0.29, 0.717) is 38.6 Å². The average Bonchev–Trinajstić information content (AvgIpc) is 3.04. The van der Waals surface area contributed by atoms with Crippen LogP contribution in [0.5, 0.6) is 6.01 Å². The Hall–Kier alpha value is -2.71. The van der Waals surface area contributed by atoms with E-state index >= 15 is 0 Å². The predicted octanol–water partition coefficient (Wildman–Crippen LogP) is 0.357. The molecule has 140 valence electrons. The second kappa shape index (κ2) is 7.27. The number of rotatable bonds is 3. The van der Waals surface area contributed by atoms with Gasteiger partial charge in [0.15, 0.2) is 0 Å². The molecule has 2 aliphatic heterocycles. The third kappa shape index (κ3) is 3.61. The van der Waals surface area contributed by atoms with E-state index in [0.717, 1.165) is 16.3 Å². The number of nitrogens with zero attached hydrogens (tertiary/aromatic N) is 5. The molecule has 0 bridgehead atoms. The van der Waals surface area contributed by atoms with Gasteiger partial charge in [0.05, 0.1) is 6.54 Å². The van der Waals surface area contributed by atoms with Gasteiger partial charge in [-0.2, -0.15) is 0 Å². The van der Waals surface area contributed by atoms with Gasteiger partial charge in [-0.25, -0.2) is 14.8 Å². The molecule has 0 radical (unpaired) electrons. The topological polar surface area (TPSA) is 95.9 Å². The second-order valence-electron chi connectivity index (χ2n) is 6.53. The van der Waals surface area contributed by atoms with Crippen LogP contribution in [0.1, 0.15) is 24.7 Å². The number of carbonyl (C=O) groups excluding carboxylic acids is 3. The van der Waals surface area contributed by atoms with E-state index in [1.54, 1.807) is 11.8 Å². The number of aryl methyl sites for hydroxylation is 2. The van der Waals surface area contributed by atoms with E-state index < -0.39 is 17.8 Å². The minimum atomic E-state index is -0.759. The summed E-state index contributed by atoms with van der Waals surface area (Å²) in [4.78, 5) is 49.3. The van der Waals surface area contributed by atoms with Gasteiger partial charge in [0.1, 0.15) is 6.10 Å². The van der Waals surface area contributed by atoms with Crippen LogP contribution < -0.4 is 4.74 Å². The van der Waals surface area contributed by atoms with Crippen molar-refractivity contribution in [3.05, 3.63) is 17.5 Å². The number of ether oxygens (including phenoxy) is 1. The van der Waals surface area contributed by atoms with Crippen LogP contribution in [0.2, 0.25) is 0 Å². The Kier molecular flexibility index (Phi) is 5.06. The molecule has 2 saturated heterocycles. The summed E-state index contributed by atoms with van der Waals surface area (Å²) in [5.41, 5.74) is 1.63. The van der Waals surface area contributed by atoms with Crippen molar-refractivity contribution in [3.8, 4) is 6.01 Å². The van der Waals surface area contributed by atoms with Crippen molar-refractivity contribution in [2.45, 2.75) is 33.3 Å². The van der Waals surface area contributed by atoms with Crippen molar-refractivity contribution in [1.29, 1.82) is 0 Å². The maximum Gasteiger partial charge on any atom is 0.327 e. The Morgan fingerprint density at radius 2 is 1.85 bits per heavy atom. The molecule has 0 aliphatic carbocycles. The highest BCUT2D eigenvalue weighted by molar-refractivity contribution is 6.38. The zero-order valence-corrected chi connectivity index (χ0v) is 15.3. The number of hydrogen-bond acceptors (Lipinski definition) is 6. The van der Waals surface area contributed by atoms with Gasteiger partial charge in [0, 0.05) is 44.0 Å². The quantitative estimate of drug-likeness (QED) is 0.721. The van der Waals surface area contributed by atoms with E-state index in [1.165, 1.54) is 4.90 Å². The first kappa shape index (κ1) is 18.1. The Morgan fingerprint density at radius 3 is 2.50 bits per heavy atom. The van der Waals surface area contributed by atoms with E-state index in [-0.39, 0.29) is 12.6 Å². The van der Waals surface area contributed by atoms with Crippen molar-refractivity contribution in [2.24, 2.45) is 0 Å². The number of amides is 4. The number of imide groups is 1. The van der Waals surface area contributed by atoms with Gasteiger partial charge in [-0.1, -0.05) is 0 Å². The molecule has 3 heterocycles. The zero-order chi connectivity index (χ0) is 18.8. The summed E-state index contributed by atoms with van der Waals surface area (Å²) in [6.45, 7) is 7.39. The van der Waals surface area contributed by atoms with Gasteiger partial charge >= 0.3 is 23.9 Å². The molecule has 2 aliphatic rings. The molecule has 1 atom stereocenters. The minimum absolute atomic E-state index is 0.222. The standard InChI is InChI=1S/C17H23N5O4/c1-4-20-7-8-22(15(24)14(20)23)17(25)21-6-5-13(10-21)26-16-18-11(2)9-12(3)19-16/h9,13H,4-8,10H2,1-3H3. The maximum atomic E-state index is 12.6. The lowest BCUT2D eigenvalue weighted by molar-refractivity contribution is -0.153. The van der Waals surface area contributed by atoms with Gasteiger partial charge in [-0.3, -0.25) is 14.5 Å². The highest BCUT2D eigenvalue weighted by atomic mass is 16.5. The lowest BCUT2D eigenvalue weighted by Crippen LogP contribution is -2.58. The van der Waals surface area contributed by atoms with Crippen LogP contribution in [0.4, 0.5) is 4.79 Å². The minimum Gasteiger partial charge on any atom is -0.458 e. The predicted molar refractivity (Wildman–Crippen MR) is 91.5 cm³/mol. The van der Waals surface area contributed by atoms with Crippen LogP contribution in [0.15, 0.2) is 6.07 Å². The average molecular weight is 361 g/mol. The van der Waals surface area contributed by atoms with E-state index in [4.69, 9.17) is 4.74 Å². The Balaban J connectivity index is 1.60. The van der Waals surface area contributed by atoms with E-state index in [9.17, 15) is 14.4 Å². The van der Waals surface area contributed by atoms with Crippen molar-refractivity contribution < 1.29 is 19.1 Å². The molecule has 0 saturated carbocycles. The SMILES string of the molecule is CCN1CCN(C(=O)N2CCC(Oc3nc(C)cc(C)n3)C2)C(=O)C1=O. The number of urea groups is 1. The summed E-state index contributed by atoms with van der Waals surface area (Å²) in [6, 6.07) is 1.71. The van der Waals surface area contributed by atoms with Crippen LogP contribution in [-0.2, 0) is 9.59 Å².